The number of thiazole rings is 1. The molecule has 0 bridgehead atoms. The summed E-state index contributed by atoms with van der Waals surface area (Å²) in [4.78, 5) is 46.3. The molecular formula is C18H12N4O3S. The number of imide groups is 1. The summed E-state index contributed by atoms with van der Waals surface area (Å²) in [7, 11) is 0. The van der Waals surface area contributed by atoms with E-state index in [-0.39, 0.29) is 6.54 Å². The van der Waals surface area contributed by atoms with Crippen LogP contribution in [0.1, 0.15) is 20.7 Å². The molecule has 0 fully saturated rings. The molecule has 26 heavy (non-hydrogen) atoms. The number of anilines is 1. The maximum Gasteiger partial charge on any atom is 0.262 e. The van der Waals surface area contributed by atoms with Gasteiger partial charge in [0.2, 0.25) is 5.91 Å². The van der Waals surface area contributed by atoms with Gasteiger partial charge in [0.1, 0.15) is 12.2 Å². The van der Waals surface area contributed by atoms with Gasteiger partial charge in [0, 0.05) is 11.6 Å². The van der Waals surface area contributed by atoms with Crippen molar-refractivity contribution in [2.45, 2.75) is 0 Å². The van der Waals surface area contributed by atoms with Gasteiger partial charge < -0.3 is 5.32 Å². The second-order valence-electron chi connectivity index (χ2n) is 5.54. The molecule has 1 aromatic carbocycles. The summed E-state index contributed by atoms with van der Waals surface area (Å²) < 4.78 is 0. The van der Waals surface area contributed by atoms with Gasteiger partial charge in [0.05, 0.1) is 16.8 Å². The molecule has 0 radical (unpaired) electrons. The molecule has 3 aromatic rings. The van der Waals surface area contributed by atoms with Crippen LogP contribution in [0, 0.1) is 0 Å². The highest BCUT2D eigenvalue weighted by Gasteiger charge is 2.36. The molecule has 1 N–H and O–H groups in total. The Hall–Kier alpha value is -3.39. The van der Waals surface area contributed by atoms with Crippen LogP contribution >= 0.6 is 11.3 Å². The van der Waals surface area contributed by atoms with E-state index < -0.39 is 17.7 Å². The first-order valence-electron chi connectivity index (χ1n) is 7.75. The fraction of sp³-hybridized carbons (Fsp3) is 0.0556. The van der Waals surface area contributed by atoms with Crippen molar-refractivity contribution in [1.29, 1.82) is 0 Å². The molecule has 8 heteroatoms. The molecular weight excluding hydrogens is 352 g/mol. The van der Waals surface area contributed by atoms with Gasteiger partial charge in [0.25, 0.3) is 11.8 Å². The highest BCUT2D eigenvalue weighted by Crippen LogP contribution is 2.24. The van der Waals surface area contributed by atoms with Crippen molar-refractivity contribution in [2.75, 3.05) is 11.9 Å². The lowest BCUT2D eigenvalue weighted by Crippen LogP contribution is -2.37. The normalized spacial score (nSPS) is 13.0. The van der Waals surface area contributed by atoms with Crippen molar-refractivity contribution in [3.05, 3.63) is 65.2 Å². The summed E-state index contributed by atoms with van der Waals surface area (Å²) in [6.07, 6.45) is 1.66. The number of carbonyl (C=O) groups is 3. The summed E-state index contributed by atoms with van der Waals surface area (Å²) in [6.45, 7) is -0.356. The Labute approximate surface area is 152 Å². The van der Waals surface area contributed by atoms with E-state index in [0.717, 1.165) is 4.90 Å². The number of nitrogens with zero attached hydrogens (tertiary/aromatic N) is 3. The van der Waals surface area contributed by atoms with E-state index in [0.29, 0.717) is 27.6 Å². The molecule has 0 unspecified atom stereocenters. The van der Waals surface area contributed by atoms with Crippen LogP contribution in [0.4, 0.5) is 5.13 Å². The zero-order chi connectivity index (χ0) is 18.1. The largest absolute Gasteiger partial charge is 0.300 e. The third-order valence-corrected chi connectivity index (χ3v) is 4.62. The molecule has 3 amide bonds. The minimum atomic E-state index is -0.485. The molecule has 4 rings (SSSR count). The number of hydrogen-bond donors (Lipinski definition) is 1. The minimum Gasteiger partial charge on any atom is -0.300 e. The zero-order valence-corrected chi connectivity index (χ0v) is 14.2. The molecule has 2 aromatic heterocycles. The van der Waals surface area contributed by atoms with Crippen LogP contribution in [0.15, 0.2) is 54.0 Å². The van der Waals surface area contributed by atoms with Crippen LogP contribution < -0.4 is 5.32 Å². The molecule has 0 spiro atoms. The number of pyridine rings is 1. The van der Waals surface area contributed by atoms with Gasteiger partial charge >= 0.3 is 0 Å². The van der Waals surface area contributed by atoms with Crippen LogP contribution in [-0.4, -0.2) is 39.1 Å². The van der Waals surface area contributed by atoms with E-state index in [4.69, 9.17) is 0 Å². The number of nitrogens with one attached hydrogen (secondary N) is 1. The summed E-state index contributed by atoms with van der Waals surface area (Å²) >= 11 is 1.25. The third kappa shape index (κ3) is 2.86. The van der Waals surface area contributed by atoms with Gasteiger partial charge in [-0.25, -0.2) is 4.98 Å². The molecule has 3 heterocycles. The molecule has 0 saturated heterocycles. The Balaban J connectivity index is 1.45. The summed E-state index contributed by atoms with van der Waals surface area (Å²) in [5.41, 5.74) is 1.98. The van der Waals surface area contributed by atoms with E-state index in [9.17, 15) is 14.4 Å². The lowest BCUT2D eigenvalue weighted by Gasteiger charge is -2.12. The van der Waals surface area contributed by atoms with Crippen molar-refractivity contribution in [1.82, 2.24) is 14.9 Å². The Morgan fingerprint density at radius 3 is 2.35 bits per heavy atom. The number of hydrogen-bond acceptors (Lipinski definition) is 6. The molecule has 7 nitrogen and oxygen atoms in total. The zero-order valence-electron chi connectivity index (χ0n) is 13.4. The van der Waals surface area contributed by atoms with Crippen LogP contribution in [-0.2, 0) is 4.79 Å². The Morgan fingerprint density at radius 1 is 1.00 bits per heavy atom. The number of aromatic nitrogens is 2. The van der Waals surface area contributed by atoms with Crippen LogP contribution in [0.3, 0.4) is 0 Å². The SMILES string of the molecule is O=C(CN1C(=O)c2ccccc2C1=O)Nc1nc(-c2ccccn2)cs1. The molecule has 0 aliphatic carbocycles. The monoisotopic (exact) mass is 364 g/mol. The Morgan fingerprint density at radius 2 is 1.69 bits per heavy atom. The number of benzene rings is 1. The van der Waals surface area contributed by atoms with Gasteiger partial charge in [-0.15, -0.1) is 11.3 Å². The smallest absolute Gasteiger partial charge is 0.262 e. The predicted molar refractivity (Wildman–Crippen MR) is 95.8 cm³/mol. The topological polar surface area (TPSA) is 92.3 Å². The van der Waals surface area contributed by atoms with Gasteiger partial charge in [-0.05, 0) is 24.3 Å². The number of carbonyl (C=O) groups excluding carboxylic acids is 3. The number of fused-ring (bicyclic) bond motifs is 1. The molecule has 1 aliphatic heterocycles. The Kier molecular flexibility index (Phi) is 4.02. The fourth-order valence-corrected chi connectivity index (χ4v) is 3.37. The maximum atomic E-state index is 12.3. The van der Waals surface area contributed by atoms with Crippen molar-refractivity contribution < 1.29 is 14.4 Å². The highest BCUT2D eigenvalue weighted by atomic mass is 32.1. The maximum absolute atomic E-state index is 12.3. The second kappa shape index (κ2) is 6.49. The fourth-order valence-electron chi connectivity index (χ4n) is 2.65. The van der Waals surface area contributed by atoms with Crippen molar-refractivity contribution in [3.8, 4) is 11.4 Å². The predicted octanol–water partition coefficient (Wildman–Crippen LogP) is 2.44. The summed E-state index contributed by atoms with van der Waals surface area (Å²) in [5.74, 6) is -1.41. The minimum absolute atomic E-state index is 0.317. The molecule has 1 aliphatic rings. The quantitative estimate of drug-likeness (QED) is 0.718. The van der Waals surface area contributed by atoms with Gasteiger partial charge in [-0.1, -0.05) is 18.2 Å². The third-order valence-electron chi connectivity index (χ3n) is 3.86. The average Bonchev–Trinajstić information content (AvgIpc) is 3.22. The van der Waals surface area contributed by atoms with Crippen molar-refractivity contribution in [2.24, 2.45) is 0 Å². The van der Waals surface area contributed by atoms with Gasteiger partial charge in [-0.2, -0.15) is 0 Å². The van der Waals surface area contributed by atoms with E-state index in [1.165, 1.54) is 11.3 Å². The van der Waals surface area contributed by atoms with E-state index in [2.05, 4.69) is 15.3 Å². The van der Waals surface area contributed by atoms with E-state index >= 15 is 0 Å². The van der Waals surface area contributed by atoms with E-state index in [1.807, 2.05) is 12.1 Å². The molecule has 0 saturated carbocycles. The standard InChI is InChI=1S/C18H12N4O3S/c23-15(9-22-16(24)11-5-1-2-6-12(11)17(22)25)21-18-20-14(10-26-18)13-7-3-4-8-19-13/h1-8,10H,9H2,(H,20,21,23). The van der Waals surface area contributed by atoms with Crippen LogP contribution in [0.25, 0.3) is 11.4 Å². The first-order chi connectivity index (χ1) is 12.6. The lowest BCUT2D eigenvalue weighted by molar-refractivity contribution is -0.116. The lowest BCUT2D eigenvalue weighted by atomic mass is 10.1. The molecule has 128 valence electrons. The Bertz CT molecular complexity index is 981. The second-order valence-corrected chi connectivity index (χ2v) is 6.40. The number of amides is 3. The molecule has 0 atom stereocenters. The first-order valence-corrected chi connectivity index (χ1v) is 8.63. The van der Waals surface area contributed by atoms with Crippen LogP contribution in [0.5, 0.6) is 0 Å². The number of rotatable bonds is 4. The summed E-state index contributed by atoms with van der Waals surface area (Å²) in [6, 6.07) is 12.0. The van der Waals surface area contributed by atoms with Gasteiger partial charge in [-0.3, -0.25) is 24.3 Å². The highest BCUT2D eigenvalue weighted by molar-refractivity contribution is 7.14. The first kappa shape index (κ1) is 16.1. The van der Waals surface area contributed by atoms with E-state index in [1.54, 1.807) is 41.9 Å². The van der Waals surface area contributed by atoms with Crippen LogP contribution in [0.2, 0.25) is 0 Å². The summed E-state index contributed by atoms with van der Waals surface area (Å²) in [5, 5.41) is 4.78. The van der Waals surface area contributed by atoms with Crippen molar-refractivity contribution in [3.63, 3.8) is 0 Å². The van der Waals surface area contributed by atoms with Gasteiger partial charge in [0.15, 0.2) is 5.13 Å². The average molecular weight is 364 g/mol. The van der Waals surface area contributed by atoms with Crippen molar-refractivity contribution >= 4 is 34.2 Å².